The highest BCUT2D eigenvalue weighted by atomic mass is 16.2. The normalized spacial score (nSPS) is 10.9. The van der Waals surface area contributed by atoms with Gasteiger partial charge in [0, 0.05) is 31.5 Å². The summed E-state index contributed by atoms with van der Waals surface area (Å²) in [4.78, 5) is 39.8. The van der Waals surface area contributed by atoms with Gasteiger partial charge in [0.25, 0.3) is 5.56 Å². The molecule has 2 aromatic carbocycles. The van der Waals surface area contributed by atoms with Crippen molar-refractivity contribution < 1.29 is 4.79 Å². The third kappa shape index (κ3) is 3.94. The SMILES string of the molecule is CCN(CC)c1ccc(NC(=O)Cn2c(=O)n(C)c(=O)c3ccccc32)c(C)c1. The summed E-state index contributed by atoms with van der Waals surface area (Å²) in [5, 5.41) is 3.29. The number of carbonyl (C=O) groups is 1. The number of nitrogens with zero attached hydrogens (tertiary/aromatic N) is 3. The van der Waals surface area contributed by atoms with Gasteiger partial charge < -0.3 is 10.2 Å². The lowest BCUT2D eigenvalue weighted by Crippen LogP contribution is -2.40. The van der Waals surface area contributed by atoms with Crippen LogP contribution in [-0.4, -0.2) is 28.1 Å². The van der Waals surface area contributed by atoms with Crippen molar-refractivity contribution in [3.63, 3.8) is 0 Å². The lowest BCUT2D eigenvalue weighted by molar-refractivity contribution is -0.116. The zero-order valence-electron chi connectivity index (χ0n) is 17.2. The summed E-state index contributed by atoms with van der Waals surface area (Å²) in [6.45, 7) is 7.78. The molecule has 0 aliphatic carbocycles. The number of fused-ring (bicyclic) bond motifs is 1. The van der Waals surface area contributed by atoms with E-state index in [9.17, 15) is 14.4 Å². The molecule has 0 radical (unpaired) electrons. The molecule has 7 heteroatoms. The Morgan fingerprint density at radius 3 is 2.41 bits per heavy atom. The van der Waals surface area contributed by atoms with Gasteiger partial charge in [-0.1, -0.05) is 12.1 Å². The molecule has 0 bridgehead atoms. The van der Waals surface area contributed by atoms with Gasteiger partial charge in [0.2, 0.25) is 5.91 Å². The van der Waals surface area contributed by atoms with Crippen molar-refractivity contribution in [2.24, 2.45) is 7.05 Å². The molecule has 1 heterocycles. The van der Waals surface area contributed by atoms with E-state index in [0.717, 1.165) is 28.9 Å². The third-order valence-electron chi connectivity index (χ3n) is 5.16. The van der Waals surface area contributed by atoms with E-state index in [1.807, 2.05) is 25.1 Å². The number of nitrogens with one attached hydrogen (secondary N) is 1. The molecule has 0 aliphatic heterocycles. The number of para-hydroxylation sites is 1. The Morgan fingerprint density at radius 2 is 1.76 bits per heavy atom. The largest absolute Gasteiger partial charge is 0.372 e. The molecule has 152 valence electrons. The zero-order valence-corrected chi connectivity index (χ0v) is 17.2. The highest BCUT2D eigenvalue weighted by Gasteiger charge is 2.14. The van der Waals surface area contributed by atoms with Gasteiger partial charge >= 0.3 is 5.69 Å². The van der Waals surface area contributed by atoms with E-state index in [4.69, 9.17) is 0 Å². The fourth-order valence-corrected chi connectivity index (χ4v) is 3.50. The second-order valence-electron chi connectivity index (χ2n) is 6.97. The number of carbonyl (C=O) groups excluding carboxylic acids is 1. The molecule has 0 spiro atoms. The number of anilines is 2. The predicted molar refractivity (Wildman–Crippen MR) is 117 cm³/mol. The second kappa shape index (κ2) is 8.34. The molecular weight excluding hydrogens is 368 g/mol. The van der Waals surface area contributed by atoms with Crippen LogP contribution in [0, 0.1) is 6.92 Å². The van der Waals surface area contributed by atoms with Crippen molar-refractivity contribution in [2.45, 2.75) is 27.3 Å². The first-order valence-corrected chi connectivity index (χ1v) is 9.71. The Kier molecular flexibility index (Phi) is 5.87. The van der Waals surface area contributed by atoms with E-state index in [1.165, 1.54) is 11.6 Å². The number of aryl methyl sites for hydroxylation is 1. The van der Waals surface area contributed by atoms with Crippen LogP contribution in [-0.2, 0) is 18.4 Å². The number of amides is 1. The minimum Gasteiger partial charge on any atom is -0.372 e. The molecule has 3 rings (SSSR count). The molecule has 0 atom stereocenters. The highest BCUT2D eigenvalue weighted by Crippen LogP contribution is 2.22. The molecule has 7 nitrogen and oxygen atoms in total. The van der Waals surface area contributed by atoms with Crippen LogP contribution in [0.1, 0.15) is 19.4 Å². The molecule has 0 aliphatic rings. The van der Waals surface area contributed by atoms with Crippen molar-refractivity contribution >= 4 is 28.2 Å². The molecule has 0 saturated carbocycles. The molecule has 0 fully saturated rings. The van der Waals surface area contributed by atoms with Crippen molar-refractivity contribution in [2.75, 3.05) is 23.3 Å². The molecule has 1 aromatic heterocycles. The van der Waals surface area contributed by atoms with Crippen LogP contribution in [0.4, 0.5) is 11.4 Å². The van der Waals surface area contributed by atoms with Gasteiger partial charge in [-0.3, -0.25) is 18.7 Å². The Hall–Kier alpha value is -3.35. The lowest BCUT2D eigenvalue weighted by Gasteiger charge is -2.22. The van der Waals surface area contributed by atoms with Gasteiger partial charge in [-0.25, -0.2) is 4.79 Å². The van der Waals surface area contributed by atoms with Crippen LogP contribution in [0.25, 0.3) is 10.9 Å². The first-order valence-electron chi connectivity index (χ1n) is 9.71. The summed E-state index contributed by atoms with van der Waals surface area (Å²) in [7, 11) is 1.42. The Labute approximate surface area is 169 Å². The maximum atomic E-state index is 12.7. The van der Waals surface area contributed by atoms with Crippen molar-refractivity contribution in [1.82, 2.24) is 9.13 Å². The van der Waals surface area contributed by atoms with Crippen LogP contribution in [0.2, 0.25) is 0 Å². The molecule has 3 aromatic rings. The van der Waals surface area contributed by atoms with E-state index < -0.39 is 5.69 Å². The third-order valence-corrected chi connectivity index (χ3v) is 5.16. The second-order valence-corrected chi connectivity index (χ2v) is 6.97. The van der Waals surface area contributed by atoms with Crippen molar-refractivity contribution in [3.05, 3.63) is 68.9 Å². The first kappa shape index (κ1) is 20.4. The molecule has 1 N–H and O–H groups in total. The van der Waals surface area contributed by atoms with Crippen molar-refractivity contribution in [3.8, 4) is 0 Å². The first-order chi connectivity index (χ1) is 13.9. The van der Waals surface area contributed by atoms with Crippen LogP contribution < -0.4 is 21.5 Å². The summed E-state index contributed by atoms with van der Waals surface area (Å²) in [5.74, 6) is -0.324. The molecule has 0 unspecified atom stereocenters. The Balaban J connectivity index is 1.89. The average Bonchev–Trinajstić information content (AvgIpc) is 2.72. The van der Waals surface area contributed by atoms with E-state index in [1.54, 1.807) is 24.3 Å². The zero-order chi connectivity index (χ0) is 21.1. The summed E-state index contributed by atoms with van der Waals surface area (Å²) in [6, 6.07) is 12.7. The smallest absolute Gasteiger partial charge is 0.331 e. The molecule has 0 saturated heterocycles. The summed E-state index contributed by atoms with van der Waals surface area (Å²) in [5.41, 5.74) is 2.31. The summed E-state index contributed by atoms with van der Waals surface area (Å²) < 4.78 is 2.35. The van der Waals surface area contributed by atoms with E-state index in [2.05, 4.69) is 24.1 Å². The van der Waals surface area contributed by atoms with Gasteiger partial charge in [-0.15, -0.1) is 0 Å². The van der Waals surface area contributed by atoms with Crippen LogP contribution in [0.15, 0.2) is 52.1 Å². The molecule has 29 heavy (non-hydrogen) atoms. The number of benzene rings is 2. The summed E-state index contributed by atoms with van der Waals surface area (Å²) >= 11 is 0. The maximum absolute atomic E-state index is 12.7. The minimum atomic E-state index is -0.516. The number of aromatic nitrogens is 2. The predicted octanol–water partition coefficient (Wildman–Crippen LogP) is 2.49. The monoisotopic (exact) mass is 394 g/mol. The topological polar surface area (TPSA) is 76.3 Å². The number of hydrogen-bond acceptors (Lipinski definition) is 4. The average molecular weight is 394 g/mol. The summed E-state index contributed by atoms with van der Waals surface area (Å²) in [6.07, 6.45) is 0. The van der Waals surface area contributed by atoms with Gasteiger partial charge in [-0.05, 0) is 56.7 Å². The van der Waals surface area contributed by atoms with E-state index in [-0.39, 0.29) is 18.0 Å². The van der Waals surface area contributed by atoms with Crippen LogP contribution >= 0.6 is 0 Å². The quantitative estimate of drug-likeness (QED) is 0.697. The van der Waals surface area contributed by atoms with Gasteiger partial charge in [0.15, 0.2) is 0 Å². The van der Waals surface area contributed by atoms with Gasteiger partial charge in [0.05, 0.1) is 10.9 Å². The lowest BCUT2D eigenvalue weighted by atomic mass is 10.1. The molecular formula is C22H26N4O3. The highest BCUT2D eigenvalue weighted by molar-refractivity contribution is 5.92. The Bertz CT molecular complexity index is 1170. The molecule has 1 amide bonds. The minimum absolute atomic E-state index is 0.176. The number of rotatable bonds is 6. The van der Waals surface area contributed by atoms with Crippen molar-refractivity contribution in [1.29, 1.82) is 0 Å². The Morgan fingerprint density at radius 1 is 1.07 bits per heavy atom. The fraction of sp³-hybridized carbons (Fsp3) is 0.318. The van der Waals surface area contributed by atoms with Gasteiger partial charge in [-0.2, -0.15) is 0 Å². The van der Waals surface area contributed by atoms with Crippen LogP contribution in [0.3, 0.4) is 0 Å². The van der Waals surface area contributed by atoms with Gasteiger partial charge in [0.1, 0.15) is 6.54 Å². The standard InChI is InChI=1S/C22H26N4O3/c1-5-25(6-2)16-11-12-18(15(3)13-16)23-20(27)14-26-19-10-8-7-9-17(19)21(28)24(4)22(26)29/h7-13H,5-6,14H2,1-4H3,(H,23,27). The number of hydrogen-bond donors (Lipinski definition) is 1. The van der Waals surface area contributed by atoms with E-state index >= 15 is 0 Å². The maximum Gasteiger partial charge on any atom is 0.331 e. The fourth-order valence-electron chi connectivity index (χ4n) is 3.50. The van der Waals surface area contributed by atoms with Crippen LogP contribution in [0.5, 0.6) is 0 Å². The van der Waals surface area contributed by atoms with E-state index in [0.29, 0.717) is 16.6 Å².